The molecule has 3 heteroatoms. The molecule has 0 heterocycles. The lowest BCUT2D eigenvalue weighted by Gasteiger charge is -2.21. The predicted molar refractivity (Wildman–Crippen MR) is 66.3 cm³/mol. The second-order valence-electron chi connectivity index (χ2n) is 3.65. The van der Waals surface area contributed by atoms with E-state index in [1.165, 1.54) is 0 Å². The van der Waals surface area contributed by atoms with E-state index in [2.05, 4.69) is 6.58 Å². The Morgan fingerprint density at radius 1 is 1.41 bits per heavy atom. The van der Waals surface area contributed by atoms with Gasteiger partial charge in [0.1, 0.15) is 0 Å². The number of ether oxygens (including phenoxy) is 2. The summed E-state index contributed by atoms with van der Waals surface area (Å²) in [6.45, 7) is 7.07. The zero-order valence-electron chi connectivity index (χ0n) is 10.3. The molecule has 0 saturated heterocycles. The van der Waals surface area contributed by atoms with E-state index in [0.717, 1.165) is 18.1 Å². The van der Waals surface area contributed by atoms with Gasteiger partial charge in [-0.05, 0) is 18.9 Å². The highest BCUT2D eigenvalue weighted by molar-refractivity contribution is 5.81. The van der Waals surface area contributed by atoms with Gasteiger partial charge in [0.15, 0.2) is 0 Å². The van der Waals surface area contributed by atoms with E-state index in [1.807, 2.05) is 37.3 Å². The lowest BCUT2D eigenvalue weighted by molar-refractivity contribution is -0.180. The SMILES string of the molecule is C=CC(=O)OC(C)OC(CC)c1ccccc1. The maximum atomic E-state index is 11.0. The van der Waals surface area contributed by atoms with Crippen molar-refractivity contribution < 1.29 is 14.3 Å². The fourth-order valence-electron chi connectivity index (χ4n) is 1.55. The van der Waals surface area contributed by atoms with Crippen molar-refractivity contribution >= 4 is 5.97 Å². The summed E-state index contributed by atoms with van der Waals surface area (Å²) >= 11 is 0. The minimum atomic E-state index is -0.578. The molecular weight excluding hydrogens is 216 g/mol. The summed E-state index contributed by atoms with van der Waals surface area (Å²) in [7, 11) is 0. The van der Waals surface area contributed by atoms with Gasteiger partial charge in [-0.25, -0.2) is 4.79 Å². The molecule has 1 rings (SSSR count). The van der Waals surface area contributed by atoms with Crippen molar-refractivity contribution in [1.82, 2.24) is 0 Å². The molecule has 0 radical (unpaired) electrons. The van der Waals surface area contributed by atoms with Crippen LogP contribution in [0.15, 0.2) is 43.0 Å². The molecule has 0 bridgehead atoms. The largest absolute Gasteiger partial charge is 0.433 e. The average molecular weight is 234 g/mol. The van der Waals surface area contributed by atoms with Crippen LogP contribution in [0.3, 0.4) is 0 Å². The normalized spacial score (nSPS) is 13.8. The van der Waals surface area contributed by atoms with Gasteiger partial charge in [-0.1, -0.05) is 43.8 Å². The Morgan fingerprint density at radius 3 is 2.59 bits per heavy atom. The van der Waals surface area contributed by atoms with Gasteiger partial charge in [0.25, 0.3) is 0 Å². The Balaban J connectivity index is 2.58. The summed E-state index contributed by atoms with van der Waals surface area (Å²) in [6.07, 6.45) is 1.30. The van der Waals surface area contributed by atoms with Gasteiger partial charge >= 0.3 is 5.97 Å². The molecule has 0 aromatic heterocycles. The molecule has 2 atom stereocenters. The zero-order valence-corrected chi connectivity index (χ0v) is 10.3. The minimum absolute atomic E-state index is 0.0659. The van der Waals surface area contributed by atoms with Crippen LogP contribution in [-0.2, 0) is 14.3 Å². The number of benzene rings is 1. The van der Waals surface area contributed by atoms with Gasteiger partial charge in [-0.15, -0.1) is 0 Å². The van der Waals surface area contributed by atoms with Crippen LogP contribution < -0.4 is 0 Å². The minimum Gasteiger partial charge on any atom is -0.433 e. The quantitative estimate of drug-likeness (QED) is 0.430. The highest BCUT2D eigenvalue weighted by atomic mass is 16.7. The Bertz CT molecular complexity index is 359. The van der Waals surface area contributed by atoms with Crippen molar-refractivity contribution in [2.75, 3.05) is 0 Å². The summed E-state index contributed by atoms with van der Waals surface area (Å²) in [5.41, 5.74) is 1.08. The lowest BCUT2D eigenvalue weighted by Crippen LogP contribution is -2.19. The molecule has 3 nitrogen and oxygen atoms in total. The van der Waals surface area contributed by atoms with Gasteiger partial charge in [0.2, 0.25) is 6.29 Å². The average Bonchev–Trinajstić information content (AvgIpc) is 2.36. The molecule has 2 unspecified atom stereocenters. The third kappa shape index (κ3) is 4.41. The summed E-state index contributed by atoms with van der Waals surface area (Å²) in [5.74, 6) is -0.472. The second-order valence-corrected chi connectivity index (χ2v) is 3.65. The number of rotatable bonds is 6. The number of carbonyl (C=O) groups excluding carboxylic acids is 1. The smallest absolute Gasteiger partial charge is 0.332 e. The first-order valence-corrected chi connectivity index (χ1v) is 5.70. The zero-order chi connectivity index (χ0) is 12.7. The lowest BCUT2D eigenvalue weighted by atomic mass is 10.1. The summed E-state index contributed by atoms with van der Waals surface area (Å²) in [4.78, 5) is 11.0. The topological polar surface area (TPSA) is 35.5 Å². The summed E-state index contributed by atoms with van der Waals surface area (Å²) in [6, 6.07) is 9.87. The Kier molecular flexibility index (Phi) is 5.43. The van der Waals surface area contributed by atoms with Gasteiger partial charge in [-0.2, -0.15) is 0 Å². The van der Waals surface area contributed by atoms with E-state index < -0.39 is 12.3 Å². The van der Waals surface area contributed by atoms with E-state index in [-0.39, 0.29) is 6.10 Å². The molecule has 1 aromatic rings. The molecule has 92 valence electrons. The molecule has 1 aromatic carbocycles. The fraction of sp³-hybridized carbons (Fsp3) is 0.357. The van der Waals surface area contributed by atoms with Gasteiger partial charge in [0.05, 0.1) is 6.10 Å². The third-order valence-corrected chi connectivity index (χ3v) is 2.35. The summed E-state index contributed by atoms with van der Waals surface area (Å²) < 4.78 is 10.6. The van der Waals surface area contributed by atoms with Crippen molar-refractivity contribution in [1.29, 1.82) is 0 Å². The first kappa shape index (κ1) is 13.5. The molecule has 0 aliphatic rings. The predicted octanol–water partition coefficient (Wildman–Crippen LogP) is 3.23. The number of hydrogen-bond donors (Lipinski definition) is 0. The van der Waals surface area contributed by atoms with Gasteiger partial charge < -0.3 is 9.47 Å². The molecule has 0 fully saturated rings. The van der Waals surface area contributed by atoms with Crippen molar-refractivity contribution in [2.24, 2.45) is 0 Å². The van der Waals surface area contributed by atoms with Crippen LogP contribution >= 0.6 is 0 Å². The van der Waals surface area contributed by atoms with E-state index in [1.54, 1.807) is 6.92 Å². The van der Waals surface area contributed by atoms with Gasteiger partial charge in [0, 0.05) is 6.08 Å². The highest BCUT2D eigenvalue weighted by Gasteiger charge is 2.15. The third-order valence-electron chi connectivity index (χ3n) is 2.35. The van der Waals surface area contributed by atoms with Crippen LogP contribution in [0.25, 0.3) is 0 Å². The highest BCUT2D eigenvalue weighted by Crippen LogP contribution is 2.22. The summed E-state index contributed by atoms with van der Waals surface area (Å²) in [5, 5.41) is 0. The Labute approximate surface area is 102 Å². The monoisotopic (exact) mass is 234 g/mol. The molecule has 0 spiro atoms. The van der Waals surface area contributed by atoms with Crippen molar-refractivity contribution in [3.63, 3.8) is 0 Å². The Hall–Kier alpha value is -1.61. The van der Waals surface area contributed by atoms with E-state index in [9.17, 15) is 4.79 Å². The van der Waals surface area contributed by atoms with Crippen LogP contribution in [0.2, 0.25) is 0 Å². The van der Waals surface area contributed by atoms with E-state index >= 15 is 0 Å². The maximum absolute atomic E-state index is 11.0. The van der Waals surface area contributed by atoms with Crippen LogP contribution in [0.4, 0.5) is 0 Å². The number of esters is 1. The number of hydrogen-bond acceptors (Lipinski definition) is 3. The van der Waals surface area contributed by atoms with E-state index in [4.69, 9.17) is 9.47 Å². The standard InChI is InChI=1S/C14H18O3/c1-4-13(12-9-7-6-8-10-12)16-11(3)17-14(15)5-2/h5-11,13H,2,4H2,1,3H3. The molecule has 17 heavy (non-hydrogen) atoms. The van der Waals surface area contributed by atoms with Crippen LogP contribution in [-0.4, -0.2) is 12.3 Å². The molecule has 0 aliphatic carbocycles. The van der Waals surface area contributed by atoms with Crippen LogP contribution in [0.5, 0.6) is 0 Å². The van der Waals surface area contributed by atoms with Gasteiger partial charge in [-0.3, -0.25) is 0 Å². The first-order valence-electron chi connectivity index (χ1n) is 5.70. The molecule has 0 aliphatic heterocycles. The molecule has 0 amide bonds. The van der Waals surface area contributed by atoms with Crippen LogP contribution in [0.1, 0.15) is 31.9 Å². The maximum Gasteiger partial charge on any atom is 0.332 e. The Morgan fingerprint density at radius 2 is 2.06 bits per heavy atom. The fourth-order valence-corrected chi connectivity index (χ4v) is 1.55. The molecular formula is C14H18O3. The van der Waals surface area contributed by atoms with Crippen molar-refractivity contribution in [3.05, 3.63) is 48.6 Å². The first-order chi connectivity index (χ1) is 8.17. The molecule has 0 N–H and O–H groups in total. The second kappa shape index (κ2) is 6.86. The molecule has 0 saturated carbocycles. The van der Waals surface area contributed by atoms with E-state index in [0.29, 0.717) is 0 Å². The van der Waals surface area contributed by atoms with Crippen LogP contribution in [0, 0.1) is 0 Å². The van der Waals surface area contributed by atoms with Crippen molar-refractivity contribution in [3.8, 4) is 0 Å². The van der Waals surface area contributed by atoms with Crippen molar-refractivity contribution in [2.45, 2.75) is 32.7 Å². The number of carbonyl (C=O) groups is 1.